The van der Waals surface area contributed by atoms with Gasteiger partial charge in [-0.25, -0.2) is 9.50 Å². The van der Waals surface area contributed by atoms with Crippen molar-refractivity contribution in [1.29, 1.82) is 0 Å². The number of nitrogens with zero attached hydrogens (tertiary/aromatic N) is 3. The second kappa shape index (κ2) is 5.08. The van der Waals surface area contributed by atoms with Gasteiger partial charge in [-0.05, 0) is 22.6 Å². The molecule has 0 aromatic carbocycles. The number of rotatable bonds is 3. The molecule has 0 aliphatic rings. The monoisotopic (exact) mass is 390 g/mol. The molecule has 2 heterocycles. The number of halogens is 5. The first-order chi connectivity index (χ1) is 8.38. The molecule has 98 valence electrons. The highest BCUT2D eigenvalue weighted by Gasteiger charge is 2.26. The van der Waals surface area contributed by atoms with E-state index in [1.807, 2.05) is 22.6 Å². The first-order valence-corrected chi connectivity index (χ1v) is 6.32. The van der Waals surface area contributed by atoms with Crippen LogP contribution in [0, 0.1) is 3.70 Å². The molecular weight excluding hydrogens is 383 g/mol. The Morgan fingerprint density at radius 1 is 1.39 bits per heavy atom. The minimum Gasteiger partial charge on any atom is -0.380 e. The van der Waals surface area contributed by atoms with Crippen molar-refractivity contribution < 1.29 is 13.2 Å². The number of hydrogen-bond acceptors (Lipinski definition) is 3. The highest BCUT2D eigenvalue weighted by molar-refractivity contribution is 14.1. The lowest BCUT2D eigenvalue weighted by Gasteiger charge is -2.10. The van der Waals surface area contributed by atoms with Gasteiger partial charge in [-0.15, -0.1) is 0 Å². The molecule has 0 atom stereocenters. The van der Waals surface area contributed by atoms with E-state index in [1.165, 1.54) is 10.7 Å². The van der Waals surface area contributed by atoms with E-state index in [-0.39, 0.29) is 11.6 Å². The first kappa shape index (κ1) is 13.7. The molecule has 1 N–H and O–H groups in total. The summed E-state index contributed by atoms with van der Waals surface area (Å²) >= 11 is 7.92. The summed E-state index contributed by atoms with van der Waals surface area (Å²) in [6.07, 6.45) is -2.20. The van der Waals surface area contributed by atoms with E-state index in [0.29, 0.717) is 11.3 Å². The number of aromatic nitrogens is 3. The van der Waals surface area contributed by atoms with Crippen molar-refractivity contribution in [2.45, 2.75) is 12.6 Å². The Labute approximate surface area is 119 Å². The van der Waals surface area contributed by atoms with Gasteiger partial charge in [-0.1, -0.05) is 11.6 Å². The summed E-state index contributed by atoms with van der Waals surface area (Å²) in [4.78, 5) is 4.06. The molecular formula is C9H7ClF3IN4. The zero-order valence-electron chi connectivity index (χ0n) is 8.80. The molecule has 2 aromatic heterocycles. The maximum atomic E-state index is 12.1. The van der Waals surface area contributed by atoms with Crippen LogP contribution in [0.15, 0.2) is 12.4 Å². The Morgan fingerprint density at radius 2 is 2.11 bits per heavy atom. The first-order valence-electron chi connectivity index (χ1n) is 4.87. The molecule has 0 bridgehead atoms. The molecule has 2 rings (SSSR count). The van der Waals surface area contributed by atoms with Gasteiger partial charge in [0.05, 0.1) is 23.8 Å². The van der Waals surface area contributed by atoms with Crippen LogP contribution in [0.5, 0.6) is 0 Å². The molecule has 4 nitrogen and oxygen atoms in total. The standard InChI is InChI=1S/C9H7ClF3IN4/c10-5-3-17-18-6(14)4-16-8(18)7(5)15-2-1-9(11,12)13/h3-4,15H,1-2H2. The van der Waals surface area contributed by atoms with Gasteiger partial charge in [-0.2, -0.15) is 18.3 Å². The van der Waals surface area contributed by atoms with E-state index in [4.69, 9.17) is 11.6 Å². The highest BCUT2D eigenvalue weighted by atomic mass is 127. The summed E-state index contributed by atoms with van der Waals surface area (Å²) in [6, 6.07) is 0. The average molecular weight is 391 g/mol. The second-order valence-electron chi connectivity index (χ2n) is 3.48. The van der Waals surface area contributed by atoms with E-state index in [0.717, 1.165) is 3.70 Å². The van der Waals surface area contributed by atoms with Crippen molar-refractivity contribution in [3.05, 3.63) is 21.1 Å². The van der Waals surface area contributed by atoms with Crippen LogP contribution in [0.2, 0.25) is 5.02 Å². The van der Waals surface area contributed by atoms with Gasteiger partial charge in [0.15, 0.2) is 5.65 Å². The summed E-state index contributed by atoms with van der Waals surface area (Å²) in [5.41, 5.74) is 0.771. The fourth-order valence-electron chi connectivity index (χ4n) is 1.38. The molecule has 0 aliphatic carbocycles. The Hall–Kier alpha value is -0.770. The predicted molar refractivity (Wildman–Crippen MR) is 69.9 cm³/mol. The molecule has 0 fully saturated rings. The zero-order valence-corrected chi connectivity index (χ0v) is 11.7. The van der Waals surface area contributed by atoms with Crippen LogP contribution in [0.25, 0.3) is 5.65 Å². The number of fused-ring (bicyclic) bond motifs is 1. The number of anilines is 1. The second-order valence-corrected chi connectivity index (χ2v) is 4.99. The fraction of sp³-hybridized carbons (Fsp3) is 0.333. The van der Waals surface area contributed by atoms with Crippen LogP contribution in [-0.4, -0.2) is 27.3 Å². The van der Waals surface area contributed by atoms with Gasteiger partial charge < -0.3 is 5.32 Å². The van der Waals surface area contributed by atoms with E-state index in [9.17, 15) is 13.2 Å². The number of nitrogens with one attached hydrogen (secondary N) is 1. The van der Waals surface area contributed by atoms with Gasteiger partial charge in [-0.3, -0.25) is 0 Å². The van der Waals surface area contributed by atoms with Crippen LogP contribution in [0.3, 0.4) is 0 Å². The summed E-state index contributed by atoms with van der Waals surface area (Å²) < 4.78 is 38.5. The van der Waals surface area contributed by atoms with Crippen molar-refractivity contribution in [2.75, 3.05) is 11.9 Å². The van der Waals surface area contributed by atoms with Gasteiger partial charge in [0, 0.05) is 6.54 Å². The zero-order chi connectivity index (χ0) is 13.3. The van der Waals surface area contributed by atoms with E-state index in [1.54, 1.807) is 6.20 Å². The molecule has 0 spiro atoms. The van der Waals surface area contributed by atoms with Crippen LogP contribution in [0.1, 0.15) is 6.42 Å². The Kier molecular flexibility index (Phi) is 3.85. The van der Waals surface area contributed by atoms with Crippen LogP contribution in [-0.2, 0) is 0 Å². The molecule has 0 saturated heterocycles. The molecule has 0 unspecified atom stereocenters. The van der Waals surface area contributed by atoms with E-state index >= 15 is 0 Å². The van der Waals surface area contributed by atoms with E-state index < -0.39 is 12.6 Å². The molecule has 2 aromatic rings. The minimum atomic E-state index is -4.20. The molecule has 9 heteroatoms. The summed E-state index contributed by atoms with van der Waals surface area (Å²) in [7, 11) is 0. The van der Waals surface area contributed by atoms with Gasteiger partial charge in [0.25, 0.3) is 0 Å². The van der Waals surface area contributed by atoms with E-state index in [2.05, 4.69) is 15.4 Å². The van der Waals surface area contributed by atoms with Crippen LogP contribution >= 0.6 is 34.2 Å². The molecule has 0 saturated carbocycles. The van der Waals surface area contributed by atoms with Crippen molar-refractivity contribution >= 4 is 45.5 Å². The van der Waals surface area contributed by atoms with Gasteiger partial charge in [0.2, 0.25) is 0 Å². The number of imidazole rings is 1. The number of alkyl halides is 3. The van der Waals surface area contributed by atoms with Crippen LogP contribution < -0.4 is 5.32 Å². The SMILES string of the molecule is FC(F)(F)CCNc1c(Cl)cnn2c(I)cnc12. The maximum absolute atomic E-state index is 12.1. The Bertz CT molecular complexity index is 569. The summed E-state index contributed by atoms with van der Waals surface area (Å²) in [6.45, 7) is -0.258. The minimum absolute atomic E-state index is 0.242. The van der Waals surface area contributed by atoms with Crippen LogP contribution in [0.4, 0.5) is 18.9 Å². The third kappa shape index (κ3) is 2.97. The number of hydrogen-bond donors (Lipinski definition) is 1. The Morgan fingerprint density at radius 3 is 2.78 bits per heavy atom. The van der Waals surface area contributed by atoms with Crippen molar-refractivity contribution in [3.8, 4) is 0 Å². The van der Waals surface area contributed by atoms with Gasteiger partial charge in [0.1, 0.15) is 9.39 Å². The molecule has 0 amide bonds. The molecule has 0 aliphatic heterocycles. The lowest BCUT2D eigenvalue weighted by molar-refractivity contribution is -0.131. The van der Waals surface area contributed by atoms with Gasteiger partial charge >= 0.3 is 6.18 Å². The van der Waals surface area contributed by atoms with Crippen molar-refractivity contribution in [1.82, 2.24) is 14.6 Å². The normalized spacial score (nSPS) is 12.1. The predicted octanol–water partition coefficient (Wildman–Crippen LogP) is 3.35. The smallest absolute Gasteiger partial charge is 0.380 e. The summed E-state index contributed by atoms with van der Waals surface area (Å²) in [5, 5.41) is 6.90. The summed E-state index contributed by atoms with van der Waals surface area (Å²) in [5.74, 6) is 0. The average Bonchev–Trinajstić information content (AvgIpc) is 2.62. The molecule has 18 heavy (non-hydrogen) atoms. The topological polar surface area (TPSA) is 42.2 Å². The quantitative estimate of drug-likeness (QED) is 0.818. The lowest BCUT2D eigenvalue weighted by atomic mass is 10.3. The van der Waals surface area contributed by atoms with Crippen molar-refractivity contribution in [3.63, 3.8) is 0 Å². The largest absolute Gasteiger partial charge is 0.390 e. The molecule has 0 radical (unpaired) electrons. The fourth-order valence-corrected chi connectivity index (χ4v) is 2.07. The highest BCUT2D eigenvalue weighted by Crippen LogP contribution is 2.27. The third-order valence-electron chi connectivity index (χ3n) is 2.16. The third-order valence-corrected chi connectivity index (χ3v) is 3.18. The Balaban J connectivity index is 2.24. The van der Waals surface area contributed by atoms with Crippen molar-refractivity contribution in [2.24, 2.45) is 0 Å². The maximum Gasteiger partial charge on any atom is 0.390 e. The lowest BCUT2D eigenvalue weighted by Crippen LogP contribution is -2.15.